The largest absolute Gasteiger partial charge is 0.388 e. The molecule has 0 saturated carbocycles. The van der Waals surface area contributed by atoms with Crippen LogP contribution in [0.2, 0.25) is 0 Å². The zero-order chi connectivity index (χ0) is 15.7. The minimum absolute atomic E-state index is 0.332. The predicted molar refractivity (Wildman–Crippen MR) is 86.5 cm³/mol. The minimum atomic E-state index is -0.522. The van der Waals surface area contributed by atoms with Crippen LogP contribution in [0.3, 0.4) is 0 Å². The van der Waals surface area contributed by atoms with Crippen molar-refractivity contribution in [2.45, 2.75) is 0 Å². The quantitative estimate of drug-likeness (QED) is 0.692. The molecule has 0 aliphatic rings. The molecule has 1 amide bonds. The Bertz CT molecular complexity index is 901. The first kappa shape index (κ1) is 13.7. The number of nitrogens with two attached hydrogens (primary N) is 1. The SMILES string of the molecule is CNc1ccc(-c2cc(C#N)cc3cc(C(N)=O)[nH]c23)cc1. The molecule has 22 heavy (non-hydrogen) atoms. The van der Waals surface area contributed by atoms with Crippen molar-refractivity contribution in [3.63, 3.8) is 0 Å². The molecule has 0 bridgehead atoms. The molecule has 5 nitrogen and oxygen atoms in total. The Balaban J connectivity index is 2.25. The second-order valence-corrected chi connectivity index (χ2v) is 4.97. The van der Waals surface area contributed by atoms with Crippen molar-refractivity contribution in [2.24, 2.45) is 5.73 Å². The second-order valence-electron chi connectivity index (χ2n) is 4.97. The summed E-state index contributed by atoms with van der Waals surface area (Å²) < 4.78 is 0. The van der Waals surface area contributed by atoms with E-state index in [-0.39, 0.29) is 0 Å². The molecule has 0 aliphatic carbocycles. The topological polar surface area (TPSA) is 94.7 Å². The van der Waals surface area contributed by atoms with E-state index in [4.69, 9.17) is 5.73 Å². The Kier molecular flexibility index (Phi) is 3.28. The summed E-state index contributed by atoms with van der Waals surface area (Å²) >= 11 is 0. The summed E-state index contributed by atoms with van der Waals surface area (Å²) in [7, 11) is 1.85. The molecule has 3 aromatic rings. The van der Waals surface area contributed by atoms with E-state index in [0.29, 0.717) is 11.3 Å². The van der Waals surface area contributed by atoms with Crippen molar-refractivity contribution in [1.82, 2.24) is 4.98 Å². The van der Waals surface area contributed by atoms with Gasteiger partial charge in [-0.2, -0.15) is 5.26 Å². The first-order valence-corrected chi connectivity index (χ1v) is 6.77. The second kappa shape index (κ2) is 5.26. The molecular weight excluding hydrogens is 276 g/mol. The van der Waals surface area contributed by atoms with Crippen LogP contribution in [0.4, 0.5) is 5.69 Å². The molecule has 108 valence electrons. The Morgan fingerprint density at radius 1 is 1.23 bits per heavy atom. The molecular formula is C17H14N4O. The third-order valence-electron chi connectivity index (χ3n) is 3.61. The van der Waals surface area contributed by atoms with Crippen LogP contribution in [0.5, 0.6) is 0 Å². The number of carbonyl (C=O) groups is 1. The Labute approximate surface area is 127 Å². The van der Waals surface area contributed by atoms with Gasteiger partial charge in [-0.25, -0.2) is 0 Å². The Morgan fingerprint density at radius 2 is 1.95 bits per heavy atom. The van der Waals surface area contributed by atoms with Gasteiger partial charge in [-0.05, 0) is 35.9 Å². The van der Waals surface area contributed by atoms with Crippen LogP contribution < -0.4 is 11.1 Å². The van der Waals surface area contributed by atoms with Crippen LogP contribution in [0.25, 0.3) is 22.0 Å². The van der Waals surface area contributed by atoms with Crippen molar-refractivity contribution in [3.05, 3.63) is 53.7 Å². The molecule has 1 heterocycles. The lowest BCUT2D eigenvalue weighted by atomic mass is 10.00. The van der Waals surface area contributed by atoms with Gasteiger partial charge in [-0.15, -0.1) is 0 Å². The minimum Gasteiger partial charge on any atom is -0.388 e. The molecule has 2 aromatic carbocycles. The van der Waals surface area contributed by atoms with Gasteiger partial charge in [0.25, 0.3) is 5.91 Å². The number of anilines is 1. The van der Waals surface area contributed by atoms with Gasteiger partial charge >= 0.3 is 0 Å². The maximum absolute atomic E-state index is 11.4. The fourth-order valence-electron chi connectivity index (χ4n) is 2.49. The predicted octanol–water partition coefficient (Wildman–Crippen LogP) is 2.85. The van der Waals surface area contributed by atoms with Crippen LogP contribution in [0.15, 0.2) is 42.5 Å². The lowest BCUT2D eigenvalue weighted by molar-refractivity contribution is 0.0996. The number of aromatic amines is 1. The highest BCUT2D eigenvalue weighted by atomic mass is 16.1. The van der Waals surface area contributed by atoms with Crippen LogP contribution >= 0.6 is 0 Å². The monoisotopic (exact) mass is 290 g/mol. The number of carbonyl (C=O) groups excluding carboxylic acids is 1. The number of nitrogens with zero attached hydrogens (tertiary/aromatic N) is 1. The Hall–Kier alpha value is -3.26. The summed E-state index contributed by atoms with van der Waals surface area (Å²) in [5.41, 5.74) is 9.82. The number of hydrogen-bond acceptors (Lipinski definition) is 3. The number of H-pyrrole nitrogens is 1. The summed E-state index contributed by atoms with van der Waals surface area (Å²) in [4.78, 5) is 14.4. The molecule has 1 aromatic heterocycles. The summed E-state index contributed by atoms with van der Waals surface area (Å²) in [5, 5.41) is 13.1. The fourth-order valence-corrected chi connectivity index (χ4v) is 2.49. The zero-order valence-corrected chi connectivity index (χ0v) is 12.0. The molecule has 0 fully saturated rings. The molecule has 5 heteroatoms. The summed E-state index contributed by atoms with van der Waals surface area (Å²) in [6.45, 7) is 0. The van der Waals surface area contributed by atoms with E-state index >= 15 is 0 Å². The van der Waals surface area contributed by atoms with E-state index < -0.39 is 5.91 Å². The van der Waals surface area contributed by atoms with Crippen molar-refractivity contribution < 1.29 is 4.79 Å². The summed E-state index contributed by atoms with van der Waals surface area (Å²) in [6, 6.07) is 15.2. The van der Waals surface area contributed by atoms with E-state index in [2.05, 4.69) is 16.4 Å². The molecule has 0 atom stereocenters. The van der Waals surface area contributed by atoms with Crippen molar-refractivity contribution in [1.29, 1.82) is 5.26 Å². The lowest BCUT2D eigenvalue weighted by Crippen LogP contribution is -2.10. The van der Waals surface area contributed by atoms with Gasteiger partial charge in [0, 0.05) is 23.7 Å². The number of primary amides is 1. The normalized spacial score (nSPS) is 10.4. The van der Waals surface area contributed by atoms with Gasteiger partial charge < -0.3 is 16.0 Å². The van der Waals surface area contributed by atoms with E-state index in [1.807, 2.05) is 31.3 Å². The Morgan fingerprint density at radius 3 is 2.55 bits per heavy atom. The number of hydrogen-bond donors (Lipinski definition) is 3. The number of fused-ring (bicyclic) bond motifs is 1. The molecule has 0 aliphatic heterocycles. The lowest BCUT2D eigenvalue weighted by Gasteiger charge is -2.06. The van der Waals surface area contributed by atoms with Crippen LogP contribution in [0, 0.1) is 11.3 Å². The van der Waals surface area contributed by atoms with Crippen LogP contribution in [-0.2, 0) is 0 Å². The average molecular weight is 290 g/mol. The zero-order valence-electron chi connectivity index (χ0n) is 12.0. The molecule has 0 radical (unpaired) electrons. The molecule has 0 saturated heterocycles. The van der Waals surface area contributed by atoms with E-state index in [1.165, 1.54) is 0 Å². The maximum atomic E-state index is 11.4. The smallest absolute Gasteiger partial charge is 0.265 e. The van der Waals surface area contributed by atoms with Crippen LogP contribution in [0.1, 0.15) is 16.1 Å². The van der Waals surface area contributed by atoms with E-state index in [1.54, 1.807) is 18.2 Å². The van der Waals surface area contributed by atoms with Crippen molar-refractivity contribution >= 4 is 22.5 Å². The fraction of sp³-hybridized carbons (Fsp3) is 0.0588. The first-order chi connectivity index (χ1) is 10.6. The molecule has 4 N–H and O–H groups in total. The molecule has 0 unspecified atom stereocenters. The van der Waals surface area contributed by atoms with E-state index in [0.717, 1.165) is 27.7 Å². The van der Waals surface area contributed by atoms with E-state index in [9.17, 15) is 10.1 Å². The van der Waals surface area contributed by atoms with Crippen LogP contribution in [-0.4, -0.2) is 17.9 Å². The molecule has 3 rings (SSSR count). The molecule has 0 spiro atoms. The van der Waals surface area contributed by atoms with Crippen molar-refractivity contribution in [3.8, 4) is 17.2 Å². The standard InChI is InChI=1S/C17H14N4O/c1-20-13-4-2-11(3-5-13)14-7-10(9-18)6-12-8-15(17(19)22)21-16(12)14/h2-8,20-21H,1H3,(H2,19,22). The van der Waals surface area contributed by atoms with Gasteiger partial charge in [-0.3, -0.25) is 4.79 Å². The first-order valence-electron chi connectivity index (χ1n) is 6.77. The van der Waals surface area contributed by atoms with Gasteiger partial charge in [0.15, 0.2) is 0 Å². The maximum Gasteiger partial charge on any atom is 0.265 e. The van der Waals surface area contributed by atoms with Gasteiger partial charge in [-0.1, -0.05) is 12.1 Å². The summed E-state index contributed by atoms with van der Waals surface area (Å²) in [5.74, 6) is -0.522. The van der Waals surface area contributed by atoms with Gasteiger partial charge in [0.05, 0.1) is 17.1 Å². The summed E-state index contributed by atoms with van der Waals surface area (Å²) in [6.07, 6.45) is 0. The number of aromatic nitrogens is 1. The number of nitriles is 1. The highest BCUT2D eigenvalue weighted by molar-refractivity contribution is 6.02. The third-order valence-corrected chi connectivity index (χ3v) is 3.61. The highest BCUT2D eigenvalue weighted by Crippen LogP contribution is 2.31. The number of nitrogens with one attached hydrogen (secondary N) is 2. The average Bonchev–Trinajstić information content (AvgIpc) is 2.98. The highest BCUT2D eigenvalue weighted by Gasteiger charge is 2.12. The number of amides is 1. The third kappa shape index (κ3) is 2.27. The van der Waals surface area contributed by atoms with Crippen molar-refractivity contribution in [2.75, 3.05) is 12.4 Å². The number of rotatable bonds is 3. The van der Waals surface area contributed by atoms with Gasteiger partial charge in [0.1, 0.15) is 5.69 Å². The number of benzene rings is 2. The van der Waals surface area contributed by atoms with Gasteiger partial charge in [0.2, 0.25) is 0 Å².